The molecular weight excluding hydrogens is 400 g/mol. The molecule has 0 spiro atoms. The van der Waals surface area contributed by atoms with E-state index in [1.54, 1.807) is 0 Å². The van der Waals surface area contributed by atoms with Crippen LogP contribution in [0.15, 0.2) is 30.7 Å². The standard InChI is InChI=1S/C25H32N6O/c1-16-13-26-23(11-19(16)20-14-28-31-15-25(2,3)12-22(20)31)29-24(32)18-7-5-6-17(10-18)21-8-9-27-30(21)4/h8-9,11,13-14,17-18H,5-7,10,12,15H2,1-4H3,(H,26,29,32)/t17-,18+/m0/s1. The number of anilines is 1. The first-order valence-electron chi connectivity index (χ1n) is 11.6. The number of aromatic nitrogens is 5. The van der Waals surface area contributed by atoms with Gasteiger partial charge in [-0.05, 0) is 61.3 Å². The van der Waals surface area contributed by atoms with E-state index in [-0.39, 0.29) is 17.2 Å². The van der Waals surface area contributed by atoms with E-state index in [1.807, 2.05) is 36.4 Å². The summed E-state index contributed by atoms with van der Waals surface area (Å²) >= 11 is 0. The maximum Gasteiger partial charge on any atom is 0.228 e. The Morgan fingerprint density at radius 2 is 2.03 bits per heavy atom. The molecule has 0 bridgehead atoms. The molecule has 3 aromatic rings. The van der Waals surface area contributed by atoms with Gasteiger partial charge in [0.15, 0.2) is 0 Å². The molecule has 0 unspecified atom stereocenters. The van der Waals surface area contributed by atoms with Crippen molar-refractivity contribution in [1.29, 1.82) is 0 Å². The fourth-order valence-corrected chi connectivity index (χ4v) is 5.46. The number of carbonyl (C=O) groups excluding carboxylic acids is 1. The van der Waals surface area contributed by atoms with Crippen LogP contribution in [0.25, 0.3) is 11.1 Å². The van der Waals surface area contributed by atoms with Crippen LogP contribution in [0, 0.1) is 18.3 Å². The molecule has 7 heteroatoms. The highest BCUT2D eigenvalue weighted by molar-refractivity contribution is 5.92. The van der Waals surface area contributed by atoms with Crippen molar-refractivity contribution < 1.29 is 4.79 Å². The Balaban J connectivity index is 1.34. The monoisotopic (exact) mass is 432 g/mol. The molecule has 1 aliphatic carbocycles. The minimum absolute atomic E-state index is 0.00334. The van der Waals surface area contributed by atoms with Crippen LogP contribution < -0.4 is 5.32 Å². The summed E-state index contributed by atoms with van der Waals surface area (Å²) in [5.41, 5.74) is 6.06. The second-order valence-corrected chi connectivity index (χ2v) is 10.3. The zero-order valence-electron chi connectivity index (χ0n) is 19.4. The lowest BCUT2D eigenvalue weighted by atomic mass is 9.79. The van der Waals surface area contributed by atoms with E-state index in [4.69, 9.17) is 0 Å². The third kappa shape index (κ3) is 3.85. The van der Waals surface area contributed by atoms with Crippen LogP contribution >= 0.6 is 0 Å². The molecule has 1 aliphatic heterocycles. The summed E-state index contributed by atoms with van der Waals surface area (Å²) in [5.74, 6) is 1.07. The Morgan fingerprint density at radius 1 is 1.19 bits per heavy atom. The molecule has 1 N–H and O–H groups in total. The molecule has 2 aliphatic rings. The summed E-state index contributed by atoms with van der Waals surface area (Å²) < 4.78 is 4.05. The predicted octanol–water partition coefficient (Wildman–Crippen LogP) is 4.48. The second-order valence-electron chi connectivity index (χ2n) is 10.3. The lowest BCUT2D eigenvalue weighted by Gasteiger charge is -2.28. The predicted molar refractivity (Wildman–Crippen MR) is 124 cm³/mol. The number of nitrogens with one attached hydrogen (secondary N) is 1. The minimum atomic E-state index is -0.00334. The van der Waals surface area contributed by atoms with Crippen LogP contribution in [0.3, 0.4) is 0 Å². The fraction of sp³-hybridized carbons (Fsp3) is 0.520. The van der Waals surface area contributed by atoms with Crippen LogP contribution in [-0.4, -0.2) is 30.5 Å². The number of hydrogen-bond donors (Lipinski definition) is 1. The van der Waals surface area contributed by atoms with Crippen molar-refractivity contribution in [3.8, 4) is 11.1 Å². The van der Waals surface area contributed by atoms with Gasteiger partial charge < -0.3 is 5.32 Å². The Kier molecular flexibility index (Phi) is 5.14. The molecular formula is C25H32N6O. The van der Waals surface area contributed by atoms with Gasteiger partial charge in [-0.1, -0.05) is 20.3 Å². The van der Waals surface area contributed by atoms with Gasteiger partial charge in [0.2, 0.25) is 5.91 Å². The lowest BCUT2D eigenvalue weighted by molar-refractivity contribution is -0.121. The van der Waals surface area contributed by atoms with Crippen molar-refractivity contribution in [3.05, 3.63) is 47.7 Å². The molecule has 1 fully saturated rings. The SMILES string of the molecule is Cc1cnc(NC(=O)[C@@H]2CCC[C@H](c3ccnn3C)C2)cc1-c1cnn2c1CC(C)(C)C2. The largest absolute Gasteiger partial charge is 0.310 e. The number of pyridine rings is 1. The molecule has 1 amide bonds. The highest BCUT2D eigenvalue weighted by Crippen LogP contribution is 2.39. The summed E-state index contributed by atoms with van der Waals surface area (Å²) in [5, 5.41) is 12.0. The Labute approximate surface area is 189 Å². The number of aryl methyl sites for hydroxylation is 2. The van der Waals surface area contributed by atoms with E-state index < -0.39 is 0 Å². The third-order valence-corrected chi connectivity index (χ3v) is 7.14. The highest BCUT2D eigenvalue weighted by atomic mass is 16.1. The molecule has 0 saturated heterocycles. The Hall–Kier alpha value is -2.96. The number of hydrogen-bond acceptors (Lipinski definition) is 4. The van der Waals surface area contributed by atoms with Gasteiger partial charge >= 0.3 is 0 Å². The number of rotatable bonds is 4. The van der Waals surface area contributed by atoms with Gasteiger partial charge in [0.1, 0.15) is 5.82 Å². The van der Waals surface area contributed by atoms with E-state index in [0.29, 0.717) is 11.7 Å². The molecule has 0 aromatic carbocycles. The first-order valence-corrected chi connectivity index (χ1v) is 11.6. The van der Waals surface area contributed by atoms with Crippen molar-refractivity contribution in [2.45, 2.75) is 65.3 Å². The first kappa shape index (κ1) is 20.9. The quantitative estimate of drug-likeness (QED) is 0.659. The first-order chi connectivity index (χ1) is 15.3. The summed E-state index contributed by atoms with van der Waals surface area (Å²) in [6, 6.07) is 4.09. The Morgan fingerprint density at radius 3 is 2.81 bits per heavy atom. The summed E-state index contributed by atoms with van der Waals surface area (Å²) in [7, 11) is 1.98. The van der Waals surface area contributed by atoms with Crippen LogP contribution in [0.1, 0.15) is 62.4 Å². The Bertz CT molecular complexity index is 1160. The summed E-state index contributed by atoms with van der Waals surface area (Å²) in [6.45, 7) is 7.56. The van der Waals surface area contributed by atoms with Crippen molar-refractivity contribution in [2.75, 3.05) is 5.32 Å². The summed E-state index contributed by atoms with van der Waals surface area (Å²) in [4.78, 5) is 17.6. The minimum Gasteiger partial charge on any atom is -0.310 e. The van der Waals surface area contributed by atoms with E-state index >= 15 is 0 Å². The molecule has 4 heterocycles. The molecule has 0 radical (unpaired) electrons. The second kappa shape index (κ2) is 7.87. The van der Waals surface area contributed by atoms with Crippen LogP contribution in [0.2, 0.25) is 0 Å². The van der Waals surface area contributed by atoms with Crippen molar-refractivity contribution in [2.24, 2.45) is 18.4 Å². The fourth-order valence-electron chi connectivity index (χ4n) is 5.46. The summed E-state index contributed by atoms with van der Waals surface area (Å²) in [6.07, 6.45) is 10.6. The number of nitrogens with zero attached hydrogens (tertiary/aromatic N) is 5. The van der Waals surface area contributed by atoms with E-state index in [0.717, 1.165) is 55.3 Å². The molecule has 168 valence electrons. The highest BCUT2D eigenvalue weighted by Gasteiger charge is 2.32. The number of amides is 1. The lowest BCUT2D eigenvalue weighted by Crippen LogP contribution is -2.28. The van der Waals surface area contributed by atoms with Crippen LogP contribution in [0.5, 0.6) is 0 Å². The molecule has 5 rings (SSSR count). The van der Waals surface area contributed by atoms with Crippen molar-refractivity contribution in [1.82, 2.24) is 24.5 Å². The zero-order chi connectivity index (χ0) is 22.5. The van der Waals surface area contributed by atoms with Gasteiger partial charge in [-0.25, -0.2) is 4.98 Å². The van der Waals surface area contributed by atoms with Gasteiger partial charge in [0.25, 0.3) is 0 Å². The van der Waals surface area contributed by atoms with Gasteiger partial charge in [0.05, 0.1) is 6.20 Å². The smallest absolute Gasteiger partial charge is 0.228 e. The van der Waals surface area contributed by atoms with Gasteiger partial charge in [-0.15, -0.1) is 0 Å². The molecule has 7 nitrogen and oxygen atoms in total. The van der Waals surface area contributed by atoms with E-state index in [9.17, 15) is 4.79 Å². The molecule has 32 heavy (non-hydrogen) atoms. The third-order valence-electron chi connectivity index (χ3n) is 7.14. The normalized spacial score (nSPS) is 22.0. The van der Waals surface area contributed by atoms with Gasteiger partial charge in [0, 0.05) is 54.8 Å². The van der Waals surface area contributed by atoms with Gasteiger partial charge in [-0.2, -0.15) is 10.2 Å². The van der Waals surface area contributed by atoms with E-state index in [1.165, 1.54) is 11.4 Å². The zero-order valence-corrected chi connectivity index (χ0v) is 19.4. The maximum atomic E-state index is 13.1. The maximum absolute atomic E-state index is 13.1. The molecule has 2 atom stereocenters. The average molecular weight is 433 g/mol. The van der Waals surface area contributed by atoms with Crippen molar-refractivity contribution in [3.63, 3.8) is 0 Å². The molecule has 1 saturated carbocycles. The van der Waals surface area contributed by atoms with Gasteiger partial charge in [-0.3, -0.25) is 14.2 Å². The topological polar surface area (TPSA) is 77.6 Å². The molecule has 3 aromatic heterocycles. The number of fused-ring (bicyclic) bond motifs is 1. The number of carbonyl (C=O) groups is 1. The van der Waals surface area contributed by atoms with Crippen LogP contribution in [0.4, 0.5) is 5.82 Å². The van der Waals surface area contributed by atoms with Crippen LogP contribution in [-0.2, 0) is 24.8 Å². The van der Waals surface area contributed by atoms with E-state index in [2.05, 4.69) is 52.0 Å². The average Bonchev–Trinajstić information content (AvgIpc) is 3.43. The van der Waals surface area contributed by atoms with Crippen molar-refractivity contribution >= 4 is 11.7 Å².